The summed E-state index contributed by atoms with van der Waals surface area (Å²) in [5, 5.41) is 0. The van der Waals surface area contributed by atoms with Gasteiger partial charge in [-0.05, 0) is 6.42 Å². The number of hydrogen-bond donors (Lipinski definition) is 2. The fraction of sp³-hybridized carbons (Fsp3) is 0.636. The minimum atomic E-state index is -0.187. The van der Waals surface area contributed by atoms with Gasteiger partial charge in [-0.1, -0.05) is 13.3 Å². The van der Waals surface area contributed by atoms with Gasteiger partial charge in [0.2, 0.25) is 0 Å². The molecule has 0 bridgehead atoms. The van der Waals surface area contributed by atoms with Crippen LogP contribution in [0.3, 0.4) is 0 Å². The van der Waals surface area contributed by atoms with Crippen LogP contribution in [0.25, 0.3) is 0 Å². The van der Waals surface area contributed by atoms with Crippen LogP contribution in [-0.4, -0.2) is 29.8 Å². The first-order valence-corrected chi connectivity index (χ1v) is 5.87. The van der Waals surface area contributed by atoms with Gasteiger partial charge in [-0.25, -0.2) is 15.8 Å². The molecule has 17 heavy (non-hydrogen) atoms. The molecule has 1 aliphatic heterocycles. The Labute approximate surface area is 101 Å². The van der Waals surface area contributed by atoms with Gasteiger partial charge in [-0.3, -0.25) is 0 Å². The Morgan fingerprint density at radius 1 is 1.47 bits per heavy atom. The molecule has 0 saturated carbocycles. The molecule has 1 aromatic heterocycles. The summed E-state index contributed by atoms with van der Waals surface area (Å²) in [6.07, 6.45) is 1.74. The van der Waals surface area contributed by atoms with Gasteiger partial charge in [0.25, 0.3) is 0 Å². The van der Waals surface area contributed by atoms with E-state index in [0.717, 1.165) is 18.5 Å². The van der Waals surface area contributed by atoms with Crippen molar-refractivity contribution in [2.24, 2.45) is 5.84 Å². The van der Waals surface area contributed by atoms with Gasteiger partial charge in [-0.15, -0.1) is 0 Å². The summed E-state index contributed by atoms with van der Waals surface area (Å²) >= 11 is 0. The Bertz CT molecular complexity index is 366. The summed E-state index contributed by atoms with van der Waals surface area (Å²) in [6.45, 7) is 3.82. The lowest BCUT2D eigenvalue weighted by molar-refractivity contribution is -0.0935. The summed E-state index contributed by atoms with van der Waals surface area (Å²) in [5.74, 6) is 6.66. The van der Waals surface area contributed by atoms with E-state index in [4.69, 9.17) is 15.3 Å². The highest BCUT2D eigenvalue weighted by atomic mass is 16.6. The van der Waals surface area contributed by atoms with Crippen LogP contribution in [0.15, 0.2) is 6.07 Å². The van der Waals surface area contributed by atoms with Crippen molar-refractivity contribution in [1.82, 2.24) is 9.97 Å². The van der Waals surface area contributed by atoms with E-state index in [1.54, 1.807) is 0 Å². The lowest BCUT2D eigenvalue weighted by Crippen LogP contribution is -2.24. The normalized spacial score (nSPS) is 20.2. The third-order valence-corrected chi connectivity index (χ3v) is 2.55. The topological polar surface area (TPSA) is 82.3 Å². The van der Waals surface area contributed by atoms with E-state index in [1.165, 1.54) is 0 Å². The lowest BCUT2D eigenvalue weighted by Gasteiger charge is -2.22. The van der Waals surface area contributed by atoms with Crippen LogP contribution in [0, 0.1) is 0 Å². The molecule has 2 rings (SSSR count). The summed E-state index contributed by atoms with van der Waals surface area (Å²) in [5.41, 5.74) is 3.53. The number of aryl methyl sites for hydroxylation is 1. The number of rotatable bonds is 4. The molecule has 0 aromatic carbocycles. The average molecular weight is 238 g/mol. The zero-order chi connectivity index (χ0) is 12.1. The van der Waals surface area contributed by atoms with Gasteiger partial charge in [0.1, 0.15) is 11.9 Å². The minimum Gasteiger partial charge on any atom is -0.376 e. The zero-order valence-corrected chi connectivity index (χ0v) is 9.98. The summed E-state index contributed by atoms with van der Waals surface area (Å²) < 4.78 is 10.9. The molecule has 94 valence electrons. The second-order valence-corrected chi connectivity index (χ2v) is 3.93. The van der Waals surface area contributed by atoms with Crippen LogP contribution in [-0.2, 0) is 15.9 Å². The van der Waals surface area contributed by atoms with Gasteiger partial charge in [0, 0.05) is 11.8 Å². The third-order valence-electron chi connectivity index (χ3n) is 2.55. The first-order chi connectivity index (χ1) is 8.33. The maximum Gasteiger partial charge on any atom is 0.162 e. The van der Waals surface area contributed by atoms with E-state index >= 15 is 0 Å². The van der Waals surface area contributed by atoms with Crippen LogP contribution >= 0.6 is 0 Å². The molecule has 0 radical (unpaired) electrons. The molecule has 2 heterocycles. The van der Waals surface area contributed by atoms with E-state index in [1.807, 2.05) is 6.07 Å². The number of ether oxygens (including phenoxy) is 2. The molecular formula is C11H18N4O2. The molecule has 0 spiro atoms. The number of nitrogens with zero attached hydrogens (tertiary/aromatic N) is 2. The summed E-state index contributed by atoms with van der Waals surface area (Å²) in [4.78, 5) is 8.79. The van der Waals surface area contributed by atoms with Crippen molar-refractivity contribution in [3.8, 4) is 0 Å². The van der Waals surface area contributed by atoms with Crippen LogP contribution in [0.2, 0.25) is 0 Å². The summed E-state index contributed by atoms with van der Waals surface area (Å²) in [6, 6.07) is 1.86. The highest BCUT2D eigenvalue weighted by Crippen LogP contribution is 2.19. The molecule has 6 nitrogen and oxygen atoms in total. The second kappa shape index (κ2) is 5.90. The SMILES string of the molecule is CCCc1cc(NN)nc(C2COCCO2)n1. The van der Waals surface area contributed by atoms with Gasteiger partial charge in [-0.2, -0.15) is 0 Å². The van der Waals surface area contributed by atoms with Crippen LogP contribution < -0.4 is 11.3 Å². The molecule has 3 N–H and O–H groups in total. The number of hydrogen-bond acceptors (Lipinski definition) is 6. The van der Waals surface area contributed by atoms with Gasteiger partial charge >= 0.3 is 0 Å². The molecular weight excluding hydrogens is 220 g/mol. The Kier molecular flexibility index (Phi) is 4.24. The van der Waals surface area contributed by atoms with E-state index in [2.05, 4.69) is 22.3 Å². The number of hydrazine groups is 1. The van der Waals surface area contributed by atoms with Crippen molar-refractivity contribution in [2.75, 3.05) is 25.2 Å². The number of anilines is 1. The van der Waals surface area contributed by atoms with Gasteiger partial charge in [0.05, 0.1) is 19.8 Å². The van der Waals surface area contributed by atoms with Crippen LogP contribution in [0.5, 0.6) is 0 Å². The average Bonchev–Trinajstić information content (AvgIpc) is 2.40. The quantitative estimate of drug-likeness (QED) is 0.596. The number of aromatic nitrogens is 2. The lowest BCUT2D eigenvalue weighted by atomic mass is 10.2. The van der Waals surface area contributed by atoms with Crippen molar-refractivity contribution in [3.63, 3.8) is 0 Å². The first-order valence-electron chi connectivity index (χ1n) is 5.87. The minimum absolute atomic E-state index is 0.187. The Morgan fingerprint density at radius 2 is 2.35 bits per heavy atom. The first kappa shape index (κ1) is 12.2. The smallest absolute Gasteiger partial charge is 0.162 e. The molecule has 0 amide bonds. The second-order valence-electron chi connectivity index (χ2n) is 3.93. The van der Waals surface area contributed by atoms with Crippen molar-refractivity contribution >= 4 is 5.82 Å². The van der Waals surface area contributed by atoms with Crippen molar-refractivity contribution < 1.29 is 9.47 Å². The van der Waals surface area contributed by atoms with E-state index in [-0.39, 0.29) is 6.10 Å². The number of nitrogen functional groups attached to an aromatic ring is 1. The molecule has 1 fully saturated rings. The van der Waals surface area contributed by atoms with E-state index in [0.29, 0.717) is 31.5 Å². The molecule has 1 unspecified atom stereocenters. The zero-order valence-electron chi connectivity index (χ0n) is 9.98. The molecule has 1 atom stereocenters. The molecule has 1 saturated heterocycles. The standard InChI is InChI=1S/C11H18N4O2/c1-2-3-8-6-10(15-12)14-11(13-8)9-7-16-4-5-17-9/h6,9H,2-5,7,12H2,1H3,(H,13,14,15). The Balaban J connectivity index is 2.21. The Morgan fingerprint density at radius 3 is 3.00 bits per heavy atom. The molecule has 6 heteroatoms. The van der Waals surface area contributed by atoms with Crippen LogP contribution in [0.1, 0.15) is 31.0 Å². The largest absolute Gasteiger partial charge is 0.376 e. The van der Waals surface area contributed by atoms with Gasteiger partial charge < -0.3 is 14.9 Å². The third kappa shape index (κ3) is 3.12. The number of nitrogens with two attached hydrogens (primary N) is 1. The van der Waals surface area contributed by atoms with E-state index < -0.39 is 0 Å². The van der Waals surface area contributed by atoms with Crippen molar-refractivity contribution in [1.29, 1.82) is 0 Å². The Hall–Kier alpha value is -1.24. The molecule has 0 aliphatic carbocycles. The highest BCUT2D eigenvalue weighted by molar-refractivity contribution is 5.34. The van der Waals surface area contributed by atoms with E-state index in [9.17, 15) is 0 Å². The fourth-order valence-electron chi connectivity index (χ4n) is 1.76. The monoisotopic (exact) mass is 238 g/mol. The highest BCUT2D eigenvalue weighted by Gasteiger charge is 2.20. The molecule has 1 aromatic rings. The molecule has 1 aliphatic rings. The fourth-order valence-corrected chi connectivity index (χ4v) is 1.76. The predicted molar refractivity (Wildman–Crippen MR) is 63.3 cm³/mol. The maximum absolute atomic E-state index is 5.58. The predicted octanol–water partition coefficient (Wildman–Crippen LogP) is 0.803. The summed E-state index contributed by atoms with van der Waals surface area (Å²) in [7, 11) is 0. The van der Waals surface area contributed by atoms with Crippen molar-refractivity contribution in [2.45, 2.75) is 25.9 Å². The van der Waals surface area contributed by atoms with Gasteiger partial charge in [0.15, 0.2) is 5.82 Å². The maximum atomic E-state index is 5.58. The van der Waals surface area contributed by atoms with Crippen molar-refractivity contribution in [3.05, 3.63) is 17.6 Å². The van der Waals surface area contributed by atoms with Crippen LogP contribution in [0.4, 0.5) is 5.82 Å². The number of nitrogens with one attached hydrogen (secondary N) is 1.